The first-order chi connectivity index (χ1) is 7.63. The SMILES string of the molecule is CCN(C)C(=O)CNCc1ccc(O)cc1. The lowest BCUT2D eigenvalue weighted by atomic mass is 10.2. The molecule has 1 aromatic rings. The molecule has 2 N–H and O–H groups in total. The van der Waals surface area contributed by atoms with Crippen LogP contribution in [0.1, 0.15) is 12.5 Å². The summed E-state index contributed by atoms with van der Waals surface area (Å²) in [6.07, 6.45) is 0. The lowest BCUT2D eigenvalue weighted by molar-refractivity contribution is -0.128. The third-order valence-corrected chi connectivity index (χ3v) is 2.44. The first-order valence-electron chi connectivity index (χ1n) is 5.36. The maximum Gasteiger partial charge on any atom is 0.236 e. The molecule has 0 fully saturated rings. The molecule has 88 valence electrons. The van der Waals surface area contributed by atoms with Gasteiger partial charge in [0.1, 0.15) is 5.75 Å². The van der Waals surface area contributed by atoms with E-state index in [-0.39, 0.29) is 11.7 Å². The fraction of sp³-hybridized carbons (Fsp3) is 0.417. The van der Waals surface area contributed by atoms with Crippen molar-refractivity contribution >= 4 is 5.91 Å². The van der Waals surface area contributed by atoms with E-state index in [2.05, 4.69) is 5.32 Å². The van der Waals surface area contributed by atoms with E-state index in [1.165, 1.54) is 0 Å². The van der Waals surface area contributed by atoms with Gasteiger partial charge in [-0.15, -0.1) is 0 Å². The van der Waals surface area contributed by atoms with Crippen LogP contribution in [0.3, 0.4) is 0 Å². The molecule has 0 aliphatic rings. The molecule has 0 spiro atoms. The average molecular weight is 222 g/mol. The second-order valence-electron chi connectivity index (χ2n) is 3.68. The van der Waals surface area contributed by atoms with Gasteiger partial charge in [-0.3, -0.25) is 4.79 Å². The predicted molar refractivity (Wildman–Crippen MR) is 63.1 cm³/mol. The molecule has 0 saturated heterocycles. The lowest BCUT2D eigenvalue weighted by Crippen LogP contribution is -2.35. The highest BCUT2D eigenvalue weighted by molar-refractivity contribution is 5.77. The van der Waals surface area contributed by atoms with Crippen molar-refractivity contribution in [2.75, 3.05) is 20.1 Å². The number of likely N-dealkylation sites (N-methyl/N-ethyl adjacent to an activating group) is 1. The number of aromatic hydroxyl groups is 1. The van der Waals surface area contributed by atoms with Gasteiger partial charge in [0.25, 0.3) is 0 Å². The first kappa shape index (κ1) is 12.5. The molecule has 16 heavy (non-hydrogen) atoms. The van der Waals surface area contributed by atoms with Crippen LogP contribution in [0.15, 0.2) is 24.3 Å². The zero-order valence-corrected chi connectivity index (χ0v) is 9.73. The summed E-state index contributed by atoms with van der Waals surface area (Å²) in [6, 6.07) is 6.93. The molecular weight excluding hydrogens is 204 g/mol. The number of amides is 1. The van der Waals surface area contributed by atoms with Gasteiger partial charge in [0.05, 0.1) is 6.54 Å². The summed E-state index contributed by atoms with van der Waals surface area (Å²) in [6.45, 7) is 3.63. The Morgan fingerprint density at radius 1 is 1.38 bits per heavy atom. The van der Waals surface area contributed by atoms with Gasteiger partial charge in [-0.25, -0.2) is 0 Å². The molecular formula is C12H18N2O2. The molecule has 1 rings (SSSR count). The monoisotopic (exact) mass is 222 g/mol. The summed E-state index contributed by atoms with van der Waals surface area (Å²) in [5, 5.41) is 12.2. The molecule has 0 bridgehead atoms. The number of benzene rings is 1. The topological polar surface area (TPSA) is 52.6 Å². The van der Waals surface area contributed by atoms with Crippen molar-refractivity contribution in [1.82, 2.24) is 10.2 Å². The third-order valence-electron chi connectivity index (χ3n) is 2.44. The van der Waals surface area contributed by atoms with Gasteiger partial charge in [-0.05, 0) is 24.6 Å². The van der Waals surface area contributed by atoms with Gasteiger partial charge in [0, 0.05) is 20.1 Å². The highest BCUT2D eigenvalue weighted by Gasteiger charge is 2.04. The van der Waals surface area contributed by atoms with Crippen molar-refractivity contribution in [2.45, 2.75) is 13.5 Å². The van der Waals surface area contributed by atoms with Crippen LogP contribution in [0.4, 0.5) is 0 Å². The number of nitrogens with one attached hydrogen (secondary N) is 1. The smallest absolute Gasteiger partial charge is 0.236 e. The molecule has 0 aliphatic carbocycles. The Kier molecular flexibility index (Phi) is 4.79. The van der Waals surface area contributed by atoms with Gasteiger partial charge >= 0.3 is 0 Å². The minimum Gasteiger partial charge on any atom is -0.508 e. The summed E-state index contributed by atoms with van der Waals surface area (Å²) >= 11 is 0. The Hall–Kier alpha value is -1.55. The van der Waals surface area contributed by atoms with Crippen molar-refractivity contribution in [3.05, 3.63) is 29.8 Å². The quantitative estimate of drug-likeness (QED) is 0.780. The second kappa shape index (κ2) is 6.12. The largest absolute Gasteiger partial charge is 0.508 e. The van der Waals surface area contributed by atoms with Crippen molar-refractivity contribution in [3.63, 3.8) is 0 Å². The minimum absolute atomic E-state index is 0.0845. The molecule has 1 aromatic carbocycles. The summed E-state index contributed by atoms with van der Waals surface area (Å²) in [5.41, 5.74) is 1.05. The average Bonchev–Trinajstić information content (AvgIpc) is 2.30. The summed E-state index contributed by atoms with van der Waals surface area (Å²) in [5.74, 6) is 0.340. The molecule has 0 saturated carbocycles. The molecule has 0 aliphatic heterocycles. The highest BCUT2D eigenvalue weighted by Crippen LogP contribution is 2.08. The van der Waals surface area contributed by atoms with Crippen LogP contribution in [0, 0.1) is 0 Å². The summed E-state index contributed by atoms with van der Waals surface area (Å²) in [7, 11) is 1.78. The Morgan fingerprint density at radius 2 is 2.00 bits per heavy atom. The number of phenolic OH excluding ortho intramolecular Hbond substituents is 1. The molecule has 0 atom stereocenters. The standard InChI is InChI=1S/C12H18N2O2/c1-3-14(2)12(16)9-13-8-10-4-6-11(15)7-5-10/h4-7,13,15H,3,8-9H2,1-2H3. The molecule has 0 radical (unpaired) electrons. The number of hydrogen-bond donors (Lipinski definition) is 2. The number of hydrogen-bond acceptors (Lipinski definition) is 3. The number of carbonyl (C=O) groups is 1. The van der Waals surface area contributed by atoms with Gasteiger partial charge in [-0.2, -0.15) is 0 Å². The fourth-order valence-corrected chi connectivity index (χ4v) is 1.24. The van der Waals surface area contributed by atoms with E-state index < -0.39 is 0 Å². The first-order valence-corrected chi connectivity index (χ1v) is 5.36. The summed E-state index contributed by atoms with van der Waals surface area (Å²) < 4.78 is 0. The van der Waals surface area contributed by atoms with E-state index in [9.17, 15) is 4.79 Å². The Morgan fingerprint density at radius 3 is 2.56 bits per heavy atom. The van der Waals surface area contributed by atoms with E-state index in [0.29, 0.717) is 13.1 Å². The second-order valence-corrected chi connectivity index (χ2v) is 3.68. The van der Waals surface area contributed by atoms with Crippen LogP contribution in [-0.2, 0) is 11.3 Å². The van der Waals surface area contributed by atoms with E-state index in [0.717, 1.165) is 12.1 Å². The number of phenols is 1. The van der Waals surface area contributed by atoms with Crippen LogP contribution in [0.25, 0.3) is 0 Å². The van der Waals surface area contributed by atoms with E-state index >= 15 is 0 Å². The lowest BCUT2D eigenvalue weighted by Gasteiger charge is -2.14. The highest BCUT2D eigenvalue weighted by atomic mass is 16.3. The van der Waals surface area contributed by atoms with E-state index in [4.69, 9.17) is 5.11 Å². The molecule has 4 heteroatoms. The summed E-state index contributed by atoms with van der Waals surface area (Å²) in [4.78, 5) is 13.1. The Labute approximate surface area is 95.9 Å². The molecule has 0 heterocycles. The van der Waals surface area contributed by atoms with E-state index in [1.807, 2.05) is 19.1 Å². The van der Waals surface area contributed by atoms with Crippen LogP contribution in [-0.4, -0.2) is 36.1 Å². The third kappa shape index (κ3) is 3.90. The fourth-order valence-electron chi connectivity index (χ4n) is 1.24. The van der Waals surface area contributed by atoms with Crippen molar-refractivity contribution in [3.8, 4) is 5.75 Å². The Balaban J connectivity index is 2.30. The van der Waals surface area contributed by atoms with Gasteiger partial charge in [0.2, 0.25) is 5.91 Å². The maximum atomic E-state index is 11.4. The van der Waals surface area contributed by atoms with Crippen molar-refractivity contribution in [2.24, 2.45) is 0 Å². The van der Waals surface area contributed by atoms with Crippen LogP contribution in [0.5, 0.6) is 5.75 Å². The van der Waals surface area contributed by atoms with Gasteiger partial charge in [0.15, 0.2) is 0 Å². The molecule has 0 unspecified atom stereocenters. The van der Waals surface area contributed by atoms with Crippen molar-refractivity contribution < 1.29 is 9.90 Å². The van der Waals surface area contributed by atoms with Crippen LogP contribution >= 0.6 is 0 Å². The van der Waals surface area contributed by atoms with Crippen LogP contribution < -0.4 is 5.32 Å². The molecule has 4 nitrogen and oxygen atoms in total. The minimum atomic E-state index is 0.0845. The van der Waals surface area contributed by atoms with Crippen molar-refractivity contribution in [1.29, 1.82) is 0 Å². The number of nitrogens with zero attached hydrogens (tertiary/aromatic N) is 1. The van der Waals surface area contributed by atoms with Gasteiger partial charge in [-0.1, -0.05) is 12.1 Å². The zero-order valence-electron chi connectivity index (χ0n) is 9.73. The van der Waals surface area contributed by atoms with E-state index in [1.54, 1.807) is 24.1 Å². The van der Waals surface area contributed by atoms with Crippen LogP contribution in [0.2, 0.25) is 0 Å². The molecule has 0 aromatic heterocycles. The normalized spacial score (nSPS) is 10.1. The maximum absolute atomic E-state index is 11.4. The molecule has 1 amide bonds. The Bertz CT molecular complexity index is 335. The predicted octanol–water partition coefficient (Wildman–Crippen LogP) is 0.960. The zero-order chi connectivity index (χ0) is 12.0. The number of carbonyl (C=O) groups excluding carboxylic acids is 1. The number of rotatable bonds is 5. The van der Waals surface area contributed by atoms with Gasteiger partial charge < -0.3 is 15.3 Å².